The van der Waals surface area contributed by atoms with Crippen molar-refractivity contribution in [3.05, 3.63) is 66.2 Å². The van der Waals surface area contributed by atoms with E-state index in [0.29, 0.717) is 6.61 Å². The minimum absolute atomic E-state index is 0.304. The van der Waals surface area contributed by atoms with Gasteiger partial charge in [-0.1, -0.05) is 48.5 Å². The summed E-state index contributed by atoms with van der Waals surface area (Å²) in [6.07, 6.45) is 0. The van der Waals surface area contributed by atoms with Crippen LogP contribution in [0.15, 0.2) is 60.7 Å². The van der Waals surface area contributed by atoms with Crippen LogP contribution >= 0.6 is 0 Å². The topological polar surface area (TPSA) is 41.6 Å². The molecule has 0 fully saturated rings. The summed E-state index contributed by atoms with van der Waals surface area (Å²) in [4.78, 5) is 18.5. The summed E-state index contributed by atoms with van der Waals surface area (Å²) in [6, 6.07) is 18.7. The number of nitrogens with one attached hydrogen (secondary N) is 1. The number of urea groups is 1. The zero-order valence-corrected chi connectivity index (χ0v) is 10.7. The Bertz CT molecular complexity index is 514. The van der Waals surface area contributed by atoms with Crippen molar-refractivity contribution >= 4 is 11.7 Å². The van der Waals surface area contributed by atoms with Crippen molar-refractivity contribution in [2.45, 2.75) is 6.61 Å². The highest BCUT2D eigenvalue weighted by molar-refractivity contribution is 5.90. The molecule has 0 aliphatic carbocycles. The van der Waals surface area contributed by atoms with Gasteiger partial charge in [0.2, 0.25) is 0 Å². The van der Waals surface area contributed by atoms with E-state index >= 15 is 0 Å². The van der Waals surface area contributed by atoms with Crippen molar-refractivity contribution in [1.82, 2.24) is 5.48 Å². The van der Waals surface area contributed by atoms with E-state index in [4.69, 9.17) is 4.84 Å². The number of nitrogens with zero attached hydrogens (tertiary/aromatic N) is 1. The Morgan fingerprint density at radius 3 is 2.26 bits per heavy atom. The predicted octanol–water partition coefficient (Wildman–Crippen LogP) is 2.96. The van der Waals surface area contributed by atoms with Gasteiger partial charge in [0, 0.05) is 12.7 Å². The molecule has 0 aliphatic heterocycles. The summed E-state index contributed by atoms with van der Waals surface area (Å²) >= 11 is 0. The number of hydrogen-bond donors (Lipinski definition) is 1. The minimum Gasteiger partial charge on any atom is -0.296 e. The highest BCUT2D eigenvalue weighted by atomic mass is 16.7. The summed E-state index contributed by atoms with van der Waals surface area (Å²) in [5.74, 6) is 0. The van der Waals surface area contributed by atoms with Crippen LogP contribution in [0.4, 0.5) is 10.5 Å². The minimum atomic E-state index is -0.304. The zero-order valence-electron chi connectivity index (χ0n) is 10.7. The Morgan fingerprint density at radius 2 is 1.63 bits per heavy atom. The van der Waals surface area contributed by atoms with Crippen LogP contribution in [0.1, 0.15) is 5.56 Å². The lowest BCUT2D eigenvalue weighted by molar-refractivity contribution is 0.0517. The molecule has 1 N–H and O–H groups in total. The van der Waals surface area contributed by atoms with Gasteiger partial charge in [-0.2, -0.15) is 0 Å². The third-order valence-corrected chi connectivity index (χ3v) is 2.69. The summed E-state index contributed by atoms with van der Waals surface area (Å²) in [6.45, 7) is 0.342. The molecule has 2 aromatic rings. The van der Waals surface area contributed by atoms with Gasteiger partial charge in [-0.15, -0.1) is 0 Å². The Morgan fingerprint density at radius 1 is 1.05 bits per heavy atom. The first kappa shape index (κ1) is 13.1. The summed E-state index contributed by atoms with van der Waals surface area (Å²) in [7, 11) is 1.69. The Kier molecular flexibility index (Phi) is 4.53. The molecule has 2 aromatic carbocycles. The van der Waals surface area contributed by atoms with Crippen LogP contribution < -0.4 is 10.4 Å². The molecule has 0 unspecified atom stereocenters. The normalized spacial score (nSPS) is 9.95. The Balaban J connectivity index is 1.82. The molecule has 0 saturated carbocycles. The predicted molar refractivity (Wildman–Crippen MR) is 74.6 cm³/mol. The van der Waals surface area contributed by atoms with Crippen LogP contribution in [-0.2, 0) is 11.4 Å². The van der Waals surface area contributed by atoms with Crippen LogP contribution in [0.25, 0.3) is 0 Å². The van der Waals surface area contributed by atoms with Gasteiger partial charge >= 0.3 is 6.03 Å². The fourth-order valence-electron chi connectivity index (χ4n) is 1.59. The van der Waals surface area contributed by atoms with E-state index in [-0.39, 0.29) is 6.03 Å². The highest BCUT2D eigenvalue weighted by Gasteiger charge is 2.09. The number of carbonyl (C=O) groups is 1. The third-order valence-electron chi connectivity index (χ3n) is 2.69. The van der Waals surface area contributed by atoms with Crippen LogP contribution in [0, 0.1) is 0 Å². The molecule has 0 aliphatic rings. The maximum absolute atomic E-state index is 11.8. The van der Waals surface area contributed by atoms with Crippen molar-refractivity contribution in [1.29, 1.82) is 0 Å². The van der Waals surface area contributed by atoms with Crippen LogP contribution in [0.5, 0.6) is 0 Å². The molecule has 19 heavy (non-hydrogen) atoms. The molecule has 2 rings (SSSR count). The lowest BCUT2D eigenvalue weighted by Crippen LogP contribution is -2.37. The standard InChI is InChI=1S/C15H16N2O2/c1-17(14-10-6-3-7-11-14)15(18)16-19-12-13-8-4-2-5-9-13/h2-11H,12H2,1H3,(H,16,18). The molecule has 0 radical (unpaired) electrons. The number of anilines is 1. The van der Waals surface area contributed by atoms with E-state index in [1.807, 2.05) is 60.7 Å². The van der Waals surface area contributed by atoms with Gasteiger partial charge in [-0.25, -0.2) is 10.3 Å². The van der Waals surface area contributed by atoms with Crippen LogP contribution in [0.2, 0.25) is 0 Å². The summed E-state index contributed by atoms with van der Waals surface area (Å²) in [5.41, 5.74) is 4.23. The van der Waals surface area contributed by atoms with Crippen molar-refractivity contribution in [3.63, 3.8) is 0 Å². The monoisotopic (exact) mass is 256 g/mol. The molecule has 4 nitrogen and oxygen atoms in total. The van der Waals surface area contributed by atoms with Gasteiger partial charge in [0.15, 0.2) is 0 Å². The second-order valence-corrected chi connectivity index (χ2v) is 4.08. The van der Waals surface area contributed by atoms with E-state index in [1.165, 1.54) is 4.90 Å². The lowest BCUT2D eigenvalue weighted by Gasteiger charge is -2.17. The van der Waals surface area contributed by atoms with Crippen molar-refractivity contribution in [3.8, 4) is 0 Å². The first-order valence-corrected chi connectivity index (χ1v) is 6.02. The Labute approximate surface area is 112 Å². The van der Waals surface area contributed by atoms with Crippen molar-refractivity contribution in [2.75, 3.05) is 11.9 Å². The summed E-state index contributed by atoms with van der Waals surface area (Å²) < 4.78 is 0. The van der Waals surface area contributed by atoms with Gasteiger partial charge in [0.25, 0.3) is 0 Å². The fraction of sp³-hybridized carbons (Fsp3) is 0.133. The number of para-hydroxylation sites is 1. The average molecular weight is 256 g/mol. The van der Waals surface area contributed by atoms with Gasteiger partial charge in [-0.05, 0) is 17.7 Å². The zero-order chi connectivity index (χ0) is 13.5. The molecule has 0 heterocycles. The molecule has 0 atom stereocenters. The fourth-order valence-corrected chi connectivity index (χ4v) is 1.59. The highest BCUT2D eigenvalue weighted by Crippen LogP contribution is 2.10. The number of carbonyl (C=O) groups excluding carboxylic acids is 1. The molecule has 4 heteroatoms. The molecule has 98 valence electrons. The van der Waals surface area contributed by atoms with E-state index < -0.39 is 0 Å². The lowest BCUT2D eigenvalue weighted by atomic mass is 10.2. The van der Waals surface area contributed by atoms with E-state index in [9.17, 15) is 4.79 Å². The molecule has 0 saturated heterocycles. The number of benzene rings is 2. The molecular formula is C15H16N2O2. The maximum atomic E-state index is 11.8. The SMILES string of the molecule is CN(C(=O)NOCc1ccccc1)c1ccccc1. The van der Waals surface area contributed by atoms with Gasteiger partial charge in [0.1, 0.15) is 0 Å². The number of hydroxylamine groups is 1. The summed E-state index contributed by atoms with van der Waals surface area (Å²) in [5, 5.41) is 0. The molecule has 0 bridgehead atoms. The van der Waals surface area contributed by atoms with Gasteiger partial charge < -0.3 is 0 Å². The van der Waals surface area contributed by atoms with Crippen molar-refractivity contribution in [2.24, 2.45) is 0 Å². The van der Waals surface area contributed by atoms with E-state index in [1.54, 1.807) is 7.05 Å². The Hall–Kier alpha value is -2.33. The molecule has 2 amide bonds. The van der Waals surface area contributed by atoms with Gasteiger partial charge in [-0.3, -0.25) is 9.74 Å². The van der Waals surface area contributed by atoms with Crippen LogP contribution in [0.3, 0.4) is 0 Å². The number of amides is 2. The quantitative estimate of drug-likeness (QED) is 0.854. The van der Waals surface area contributed by atoms with Crippen molar-refractivity contribution < 1.29 is 9.63 Å². The first-order chi connectivity index (χ1) is 9.27. The number of rotatable bonds is 4. The number of hydrogen-bond acceptors (Lipinski definition) is 2. The molecular weight excluding hydrogens is 240 g/mol. The van der Waals surface area contributed by atoms with Crippen LogP contribution in [-0.4, -0.2) is 13.1 Å². The van der Waals surface area contributed by atoms with Gasteiger partial charge in [0.05, 0.1) is 6.61 Å². The average Bonchev–Trinajstić information content (AvgIpc) is 2.48. The molecule has 0 aromatic heterocycles. The largest absolute Gasteiger partial charge is 0.345 e. The first-order valence-electron chi connectivity index (χ1n) is 6.02. The third kappa shape index (κ3) is 3.82. The molecule has 0 spiro atoms. The second-order valence-electron chi connectivity index (χ2n) is 4.08. The maximum Gasteiger partial charge on any atom is 0.345 e. The smallest absolute Gasteiger partial charge is 0.296 e. The van der Waals surface area contributed by atoms with E-state index in [0.717, 1.165) is 11.3 Å². The second kappa shape index (κ2) is 6.56. The van der Waals surface area contributed by atoms with E-state index in [2.05, 4.69) is 5.48 Å².